The third kappa shape index (κ3) is 3.81. The van der Waals surface area contributed by atoms with Crippen molar-refractivity contribution in [3.05, 3.63) is 11.7 Å². The van der Waals surface area contributed by atoms with Crippen molar-refractivity contribution < 1.29 is 9.32 Å². The first-order valence-corrected chi connectivity index (χ1v) is 8.18. The fourth-order valence-electron chi connectivity index (χ4n) is 3.31. The first-order chi connectivity index (χ1) is 10.3. The van der Waals surface area contributed by atoms with Crippen LogP contribution in [0.4, 0.5) is 0 Å². The normalized spacial score (nSPS) is 23.3. The summed E-state index contributed by atoms with van der Waals surface area (Å²) in [7, 11) is 0. The molecule has 6 nitrogen and oxygen atoms in total. The molecule has 2 heterocycles. The Kier molecular flexibility index (Phi) is 4.85. The molecule has 1 saturated carbocycles. The molecule has 1 amide bonds. The van der Waals surface area contributed by atoms with E-state index in [0.29, 0.717) is 12.4 Å². The highest BCUT2D eigenvalue weighted by atomic mass is 16.5. The molecule has 1 saturated heterocycles. The van der Waals surface area contributed by atoms with E-state index in [0.717, 1.165) is 31.7 Å². The lowest BCUT2D eigenvalue weighted by atomic mass is 9.87. The van der Waals surface area contributed by atoms with E-state index < -0.39 is 0 Å². The number of carbonyl (C=O) groups excluding carboxylic acids is 1. The average molecular weight is 292 g/mol. The standard InChI is InChI=1S/C15H24N4O2/c20-14(17-10-8-11-5-2-1-3-6-11)13-18-15(21-19-13)12-7-4-9-16-12/h11-12,16H,1-10H2,(H,17,20). The Morgan fingerprint density at radius 3 is 2.86 bits per heavy atom. The molecule has 2 aliphatic rings. The van der Waals surface area contributed by atoms with E-state index in [-0.39, 0.29) is 17.8 Å². The molecule has 3 rings (SSSR count). The van der Waals surface area contributed by atoms with Gasteiger partial charge in [0, 0.05) is 6.54 Å². The molecule has 0 aromatic carbocycles. The summed E-state index contributed by atoms with van der Waals surface area (Å²) in [6.07, 6.45) is 9.79. The second kappa shape index (κ2) is 7.02. The number of amides is 1. The van der Waals surface area contributed by atoms with Crippen LogP contribution < -0.4 is 10.6 Å². The SMILES string of the molecule is O=C(NCCC1CCCCC1)c1noc(C2CCCN2)n1. The van der Waals surface area contributed by atoms with Gasteiger partial charge in [-0.15, -0.1) is 0 Å². The molecular weight excluding hydrogens is 268 g/mol. The third-order valence-electron chi connectivity index (χ3n) is 4.57. The highest BCUT2D eigenvalue weighted by molar-refractivity contribution is 5.90. The third-order valence-corrected chi connectivity index (χ3v) is 4.57. The molecule has 2 fully saturated rings. The lowest BCUT2D eigenvalue weighted by Gasteiger charge is -2.21. The van der Waals surface area contributed by atoms with Gasteiger partial charge in [-0.3, -0.25) is 4.79 Å². The van der Waals surface area contributed by atoms with Gasteiger partial charge >= 0.3 is 0 Å². The maximum absolute atomic E-state index is 12.0. The number of rotatable bonds is 5. The van der Waals surface area contributed by atoms with Crippen molar-refractivity contribution in [1.29, 1.82) is 0 Å². The minimum absolute atomic E-state index is 0.112. The molecule has 0 bridgehead atoms. The van der Waals surface area contributed by atoms with Gasteiger partial charge in [-0.05, 0) is 31.7 Å². The van der Waals surface area contributed by atoms with Crippen LogP contribution in [-0.4, -0.2) is 29.1 Å². The van der Waals surface area contributed by atoms with Gasteiger partial charge in [0.25, 0.3) is 11.7 Å². The molecule has 6 heteroatoms. The predicted octanol–water partition coefficient (Wildman–Crippen LogP) is 2.19. The fourth-order valence-corrected chi connectivity index (χ4v) is 3.31. The van der Waals surface area contributed by atoms with Crippen molar-refractivity contribution >= 4 is 5.91 Å². The number of carbonyl (C=O) groups is 1. The van der Waals surface area contributed by atoms with Gasteiger partial charge < -0.3 is 15.2 Å². The summed E-state index contributed by atoms with van der Waals surface area (Å²) in [6, 6.07) is 0.112. The first kappa shape index (κ1) is 14.5. The van der Waals surface area contributed by atoms with Crippen molar-refractivity contribution in [1.82, 2.24) is 20.8 Å². The average Bonchev–Trinajstić information content (AvgIpc) is 3.19. The van der Waals surface area contributed by atoms with E-state index in [2.05, 4.69) is 20.8 Å². The summed E-state index contributed by atoms with van der Waals surface area (Å²) in [4.78, 5) is 16.2. The number of aromatic nitrogens is 2. The smallest absolute Gasteiger partial charge is 0.292 e. The van der Waals surface area contributed by atoms with Crippen LogP contribution >= 0.6 is 0 Å². The Morgan fingerprint density at radius 1 is 1.24 bits per heavy atom. The molecule has 0 spiro atoms. The Labute approximate surface area is 125 Å². The Balaban J connectivity index is 1.44. The minimum atomic E-state index is -0.223. The number of hydrogen-bond donors (Lipinski definition) is 2. The van der Waals surface area contributed by atoms with Gasteiger partial charge in [0.1, 0.15) is 0 Å². The molecule has 2 N–H and O–H groups in total. The van der Waals surface area contributed by atoms with Crippen molar-refractivity contribution in [3.8, 4) is 0 Å². The molecule has 1 atom stereocenters. The van der Waals surface area contributed by atoms with Crippen LogP contribution in [0.3, 0.4) is 0 Å². The fraction of sp³-hybridized carbons (Fsp3) is 0.800. The zero-order valence-electron chi connectivity index (χ0n) is 12.4. The van der Waals surface area contributed by atoms with Crippen molar-refractivity contribution in [3.63, 3.8) is 0 Å². The van der Waals surface area contributed by atoms with Crippen LogP contribution in [-0.2, 0) is 0 Å². The highest BCUT2D eigenvalue weighted by Crippen LogP contribution is 2.25. The zero-order chi connectivity index (χ0) is 14.5. The van der Waals surface area contributed by atoms with Crippen LogP contribution in [0.1, 0.15) is 73.9 Å². The summed E-state index contributed by atoms with van der Waals surface area (Å²) in [5.41, 5.74) is 0. The van der Waals surface area contributed by atoms with E-state index in [1.807, 2.05) is 0 Å². The second-order valence-electron chi connectivity index (χ2n) is 6.15. The predicted molar refractivity (Wildman–Crippen MR) is 77.8 cm³/mol. The Hall–Kier alpha value is -1.43. The van der Waals surface area contributed by atoms with Crippen LogP contribution in [0, 0.1) is 5.92 Å². The minimum Gasteiger partial charge on any atom is -0.349 e. The molecule has 1 aromatic heterocycles. The van der Waals surface area contributed by atoms with Crippen LogP contribution in [0.5, 0.6) is 0 Å². The van der Waals surface area contributed by atoms with Gasteiger partial charge in [0.2, 0.25) is 5.89 Å². The lowest BCUT2D eigenvalue weighted by Crippen LogP contribution is -2.27. The van der Waals surface area contributed by atoms with E-state index in [9.17, 15) is 4.79 Å². The molecular formula is C15H24N4O2. The molecule has 0 radical (unpaired) electrons. The summed E-state index contributed by atoms with van der Waals surface area (Å²) in [5, 5.41) is 9.98. The summed E-state index contributed by atoms with van der Waals surface area (Å²) in [5.74, 6) is 1.23. The maximum Gasteiger partial charge on any atom is 0.292 e. The summed E-state index contributed by atoms with van der Waals surface area (Å²) in [6.45, 7) is 1.67. The highest BCUT2D eigenvalue weighted by Gasteiger charge is 2.24. The van der Waals surface area contributed by atoms with Crippen molar-refractivity contribution in [2.75, 3.05) is 13.1 Å². The van der Waals surface area contributed by atoms with Gasteiger partial charge in [0.15, 0.2) is 0 Å². The second-order valence-corrected chi connectivity index (χ2v) is 6.15. The molecule has 116 valence electrons. The number of nitrogens with zero attached hydrogens (tertiary/aromatic N) is 2. The van der Waals surface area contributed by atoms with Crippen LogP contribution in [0.2, 0.25) is 0 Å². The zero-order valence-corrected chi connectivity index (χ0v) is 12.4. The van der Waals surface area contributed by atoms with E-state index in [4.69, 9.17) is 4.52 Å². The van der Waals surface area contributed by atoms with Gasteiger partial charge in [-0.1, -0.05) is 37.3 Å². The summed E-state index contributed by atoms with van der Waals surface area (Å²) < 4.78 is 5.18. The molecule has 1 aliphatic carbocycles. The Bertz CT molecular complexity index is 462. The van der Waals surface area contributed by atoms with E-state index in [1.165, 1.54) is 32.1 Å². The summed E-state index contributed by atoms with van der Waals surface area (Å²) >= 11 is 0. The van der Waals surface area contributed by atoms with Gasteiger partial charge in [-0.25, -0.2) is 0 Å². The van der Waals surface area contributed by atoms with E-state index in [1.54, 1.807) is 0 Å². The molecule has 1 aromatic rings. The molecule has 21 heavy (non-hydrogen) atoms. The Morgan fingerprint density at radius 2 is 2.10 bits per heavy atom. The van der Waals surface area contributed by atoms with Crippen LogP contribution in [0.25, 0.3) is 0 Å². The number of hydrogen-bond acceptors (Lipinski definition) is 5. The quantitative estimate of drug-likeness (QED) is 0.869. The lowest BCUT2D eigenvalue weighted by molar-refractivity contribution is 0.0937. The molecule has 1 unspecified atom stereocenters. The van der Waals surface area contributed by atoms with Crippen molar-refractivity contribution in [2.45, 2.75) is 57.4 Å². The largest absolute Gasteiger partial charge is 0.349 e. The van der Waals surface area contributed by atoms with Crippen molar-refractivity contribution in [2.24, 2.45) is 5.92 Å². The topological polar surface area (TPSA) is 80.0 Å². The van der Waals surface area contributed by atoms with Gasteiger partial charge in [0.05, 0.1) is 6.04 Å². The van der Waals surface area contributed by atoms with Gasteiger partial charge in [-0.2, -0.15) is 4.98 Å². The first-order valence-electron chi connectivity index (χ1n) is 8.18. The maximum atomic E-state index is 12.0. The van der Waals surface area contributed by atoms with Crippen LogP contribution in [0.15, 0.2) is 4.52 Å². The monoisotopic (exact) mass is 292 g/mol. The van der Waals surface area contributed by atoms with E-state index >= 15 is 0 Å². The number of nitrogens with one attached hydrogen (secondary N) is 2. The molecule has 1 aliphatic heterocycles.